The van der Waals surface area contributed by atoms with Crippen LogP contribution >= 0.6 is 20.1 Å². The molecule has 32 heteroatoms. The number of likely N-dealkylation sites (tertiary alicyclic amines) is 1. The van der Waals surface area contributed by atoms with Crippen LogP contribution in [0.4, 0.5) is 24.9 Å². The van der Waals surface area contributed by atoms with Crippen molar-refractivity contribution in [2.45, 2.75) is 168 Å². The Labute approximate surface area is 606 Å². The first-order chi connectivity index (χ1) is 45.1. The number of benzene rings is 2. The maximum absolute atomic E-state index is 14.7. The van der Waals surface area contributed by atoms with Gasteiger partial charge >= 0.3 is 613 Å². The summed E-state index contributed by atoms with van der Waals surface area (Å²) in [6.45, 7) is 14.0. The molecular formula is C63H94I5N11O16-4. The summed E-state index contributed by atoms with van der Waals surface area (Å²) < 4.78 is 18.9. The van der Waals surface area contributed by atoms with Gasteiger partial charge in [0.2, 0.25) is 0 Å². The second-order valence-electron chi connectivity index (χ2n) is 23.1. The van der Waals surface area contributed by atoms with Gasteiger partial charge in [-0.2, -0.15) is 0 Å². The number of ether oxygens (including phenoxy) is 2. The summed E-state index contributed by atoms with van der Waals surface area (Å²) in [5, 5.41) is 23.9. The Morgan fingerprint density at radius 3 is 2.08 bits per heavy atom. The number of primary amides is 1. The number of methoxy groups -OCH3 is 1. The predicted octanol–water partition coefficient (Wildman–Crippen LogP) is -6.57. The van der Waals surface area contributed by atoms with Crippen LogP contribution < -0.4 is 121 Å². The van der Waals surface area contributed by atoms with E-state index in [1.165, 1.54) is 29.4 Å². The molecule has 2 heterocycles. The third-order valence-electron chi connectivity index (χ3n) is 15.1. The molecule has 9 N–H and O–H groups in total. The van der Waals surface area contributed by atoms with Crippen molar-refractivity contribution in [1.29, 1.82) is 0 Å². The number of nitrogens with two attached hydrogens (primary N) is 1. The maximum atomic E-state index is 14.7. The fraction of sp³-hybridized carbons (Fsp3) is 0.587. The molecule has 0 radical (unpaired) electrons. The Balaban J connectivity index is 1.35. The normalized spacial score (nSPS) is 16.5. The van der Waals surface area contributed by atoms with Crippen molar-refractivity contribution in [3.63, 3.8) is 0 Å². The number of carbonyl (C=O) groups is 12. The van der Waals surface area contributed by atoms with E-state index in [-0.39, 0.29) is 101 Å². The van der Waals surface area contributed by atoms with Gasteiger partial charge in [0.1, 0.15) is 0 Å². The molecule has 27 nitrogen and oxygen atoms in total. The van der Waals surface area contributed by atoms with Gasteiger partial charge in [0.05, 0.1) is 0 Å². The molecule has 4 rings (SSSR count). The van der Waals surface area contributed by atoms with Gasteiger partial charge in [-0.15, -0.1) is 0 Å². The molecule has 2 aromatic carbocycles. The van der Waals surface area contributed by atoms with Crippen molar-refractivity contribution >= 4 is 93.1 Å². The monoisotopic (exact) mass is 1900 g/mol. The van der Waals surface area contributed by atoms with E-state index in [2.05, 4.69) is 44.0 Å². The second kappa shape index (κ2) is 42.9. The van der Waals surface area contributed by atoms with E-state index in [0.717, 1.165) is 16.9 Å². The van der Waals surface area contributed by atoms with Gasteiger partial charge in [-0.05, 0) is 0 Å². The van der Waals surface area contributed by atoms with Gasteiger partial charge in [0.15, 0.2) is 0 Å². The molecule has 3 unspecified atom stereocenters. The zero-order chi connectivity index (χ0) is 70.5. The topological polar surface area (TPSA) is 364 Å². The standard InChI is InChI=1S/C63H94I5N11O16/c1-12-40(6)65-55(45(67-94-11)35-51(83)78-34-20-24-47(78)53(93-10)41(7)56(84)75-68(61(89)90)36-42-21-15-13-16-22-42)76(8)59(87)52(38(2)3)74-60(88)66-77(9)63(92)95-37-43-26-28-44(29-27-43)71-57(85)46(23-19-32-70-62(69)91)72-58(86)54(64-39(4)5)73-48(80)25-17-14-18-33-79-49(81)30-31-50(79)82/h13,15-16,21-22,26-31,38-41,45-47,52-55H,12,14,17-20,23-25,32-37H2,1-11H3,(H,71,85)(H,72,86)(H,73,80)(H,74,88)(H,75,84)(H,89,90)(H3,69,70,91)/q-4/t40-,41-,45?,46+,47+,52+,53-,54?,55?/m1/s1. The Hall–Kier alpha value is -4.81. The minimum absolute atomic E-state index is 0.0733. The van der Waals surface area contributed by atoms with Crippen LogP contribution in [0.25, 0.3) is 0 Å². The number of hydrogen-bond donors (Lipinski definition) is 8. The molecule has 2 aliphatic heterocycles. The zero-order valence-electron chi connectivity index (χ0n) is 55.6. The number of carbonyl (C=O) groups excluding carboxylic acids is 11. The summed E-state index contributed by atoms with van der Waals surface area (Å²) >= 11 is -7.60. The first kappa shape index (κ1) is 82.6. The number of nitrogens with zero attached hydrogens (tertiary/aromatic N) is 4. The van der Waals surface area contributed by atoms with Crippen LogP contribution in [0.5, 0.6) is 0 Å². The van der Waals surface area contributed by atoms with Crippen LogP contribution in [0.15, 0.2) is 66.7 Å². The summed E-state index contributed by atoms with van der Waals surface area (Å²) in [6, 6.07) is 12.3. The summed E-state index contributed by atoms with van der Waals surface area (Å²) in [7, 11) is 6.22. The number of urea groups is 1. The SMILES string of the molecule is CC[C@@H](C)[I-]C(C(CC(=O)N1CCC[C@H]1[C@H](OC)[C@@H](C)C(=O)NI(Cc1ccccc1)C(=O)O)[I-]OC)N(C)C(=O)[C@@H](NC(=O)[I-]N(C)C(=O)OCc1ccc(NC(=O)[C@H](CCCNC(N)=O)NC(=O)C(NC(=O)CCCCCN2C(=O)C=CC2=O)[I-]C(C)C)cc1)C(C)C. The number of hydrogen-bond acceptors (Lipinski definition) is 15. The van der Waals surface area contributed by atoms with Gasteiger partial charge in [0.25, 0.3) is 0 Å². The number of nitrogens with one attached hydrogen (secondary N) is 6. The minimum atomic E-state index is -3.06. The number of rotatable bonds is 41. The van der Waals surface area contributed by atoms with Crippen LogP contribution in [0.3, 0.4) is 0 Å². The van der Waals surface area contributed by atoms with E-state index in [9.17, 15) is 62.6 Å². The summed E-state index contributed by atoms with van der Waals surface area (Å²) in [6.07, 6.45) is 5.12. The van der Waals surface area contributed by atoms with Crippen LogP contribution in [-0.2, 0) is 61.9 Å². The predicted molar refractivity (Wildman–Crippen MR) is 347 cm³/mol. The van der Waals surface area contributed by atoms with Gasteiger partial charge < -0.3 is 0 Å². The number of halogens is 5. The van der Waals surface area contributed by atoms with Crippen LogP contribution in [-0.4, -0.2) is 182 Å². The molecule has 2 aliphatic rings. The third-order valence-corrected chi connectivity index (χ3v) is 32.2. The Morgan fingerprint density at radius 1 is 0.811 bits per heavy atom. The van der Waals surface area contributed by atoms with Crippen molar-refractivity contribution in [2.75, 3.05) is 53.3 Å². The number of likely N-dealkylation sites (N-methyl/N-ethyl adjacent to an activating group) is 1. The van der Waals surface area contributed by atoms with E-state index in [1.807, 2.05) is 58.0 Å². The molecule has 12 amide bonds. The quantitative estimate of drug-likeness (QED) is 0.00584. The number of anilines is 1. The molecule has 0 aromatic heterocycles. The molecule has 536 valence electrons. The average molecular weight is 1900 g/mol. The molecule has 0 bridgehead atoms. The van der Waals surface area contributed by atoms with Gasteiger partial charge in [-0.25, -0.2) is 0 Å². The van der Waals surface area contributed by atoms with Crippen molar-refractivity contribution in [3.05, 3.63) is 77.9 Å². The van der Waals surface area contributed by atoms with E-state index in [4.69, 9.17) is 18.3 Å². The molecule has 0 saturated carbocycles. The number of unbranched alkanes of at least 4 members (excludes halogenated alkanes) is 2. The van der Waals surface area contributed by atoms with Crippen LogP contribution in [0, 0.1) is 11.8 Å². The summed E-state index contributed by atoms with van der Waals surface area (Å²) in [5.41, 5.74) is 6.96. The number of alkyl halides is 6. The fourth-order valence-electron chi connectivity index (χ4n) is 9.96. The average Bonchev–Trinajstić information content (AvgIpc) is 1.80. The number of imide groups is 1. The van der Waals surface area contributed by atoms with Crippen molar-refractivity contribution < 1.29 is 161 Å². The van der Waals surface area contributed by atoms with Crippen LogP contribution in [0.2, 0.25) is 0 Å². The molecule has 0 aliphatic carbocycles. The Morgan fingerprint density at radius 2 is 1.48 bits per heavy atom. The van der Waals surface area contributed by atoms with Crippen molar-refractivity contribution in [2.24, 2.45) is 17.6 Å². The molecule has 0 spiro atoms. The van der Waals surface area contributed by atoms with Crippen LogP contribution in [0.1, 0.15) is 124 Å². The summed E-state index contributed by atoms with van der Waals surface area (Å²) in [4.78, 5) is 163. The van der Waals surface area contributed by atoms with E-state index in [0.29, 0.717) is 49.9 Å². The Bertz CT molecular complexity index is 2940. The first-order valence-electron chi connectivity index (χ1n) is 31.2. The van der Waals surface area contributed by atoms with E-state index < -0.39 is 178 Å². The van der Waals surface area contributed by atoms with Gasteiger partial charge in [-0.1, -0.05) is 0 Å². The van der Waals surface area contributed by atoms with Gasteiger partial charge in [-0.3, -0.25) is 0 Å². The van der Waals surface area contributed by atoms with Crippen molar-refractivity contribution in [3.8, 4) is 0 Å². The van der Waals surface area contributed by atoms with Crippen molar-refractivity contribution in [1.82, 2.24) is 42.6 Å². The number of carboxylic acid groups (broad SMARTS) is 1. The zero-order valence-corrected chi connectivity index (χ0v) is 66.4. The third kappa shape index (κ3) is 28.2. The second-order valence-corrected chi connectivity index (χ2v) is 41.8. The first-order valence-corrected chi connectivity index (χ1v) is 44.1. The molecule has 9 atom stereocenters. The van der Waals surface area contributed by atoms with E-state index in [1.54, 1.807) is 55.1 Å². The number of amides is 12. The van der Waals surface area contributed by atoms with E-state index >= 15 is 0 Å². The fourth-order valence-corrected chi connectivity index (χ4v) is 24.1. The molecule has 1 saturated heterocycles. The molecule has 95 heavy (non-hydrogen) atoms. The Kier molecular flexibility index (Phi) is 37.3. The molecule has 1 fully saturated rings. The molecular weight excluding hydrogens is 1800 g/mol. The van der Waals surface area contributed by atoms with Gasteiger partial charge in [0, 0.05) is 0 Å². The summed E-state index contributed by atoms with van der Waals surface area (Å²) in [5.74, 6) is -4.28. The molecule has 2 aromatic rings.